The van der Waals surface area contributed by atoms with Crippen LogP contribution in [0.3, 0.4) is 0 Å². The summed E-state index contributed by atoms with van der Waals surface area (Å²) < 4.78 is 7.84. The first-order chi connectivity index (χ1) is 15.6. The van der Waals surface area contributed by atoms with Crippen LogP contribution < -0.4 is 10.2 Å². The molecule has 2 fully saturated rings. The van der Waals surface area contributed by atoms with Gasteiger partial charge in [0.05, 0.1) is 25.9 Å². The summed E-state index contributed by atoms with van der Waals surface area (Å²) in [5.41, 5.74) is 2.44. The summed E-state index contributed by atoms with van der Waals surface area (Å²) in [6.07, 6.45) is 3.97. The molecular weight excluding hydrogens is 402 g/mol. The molecule has 2 aliphatic heterocycles. The van der Waals surface area contributed by atoms with Gasteiger partial charge in [-0.2, -0.15) is 5.10 Å². The lowest BCUT2D eigenvalue weighted by Gasteiger charge is -2.39. The Morgan fingerprint density at radius 3 is 2.66 bits per heavy atom. The molecule has 8 heteroatoms. The maximum atomic E-state index is 6.01. The van der Waals surface area contributed by atoms with Crippen molar-refractivity contribution < 1.29 is 4.74 Å². The second kappa shape index (κ2) is 10.8. The zero-order valence-corrected chi connectivity index (χ0v) is 19.7. The molecular formula is C24H37N7O. The summed E-state index contributed by atoms with van der Waals surface area (Å²) in [4.78, 5) is 12.4. The van der Waals surface area contributed by atoms with E-state index in [1.54, 1.807) is 0 Å². The van der Waals surface area contributed by atoms with Gasteiger partial charge >= 0.3 is 0 Å². The fourth-order valence-corrected chi connectivity index (χ4v) is 4.47. The van der Waals surface area contributed by atoms with Crippen LogP contribution in [-0.2, 0) is 11.8 Å². The molecule has 0 amide bonds. The molecule has 2 aromatic rings. The molecule has 0 spiro atoms. The number of morpholine rings is 1. The molecule has 1 N–H and O–H groups in total. The van der Waals surface area contributed by atoms with Crippen LogP contribution in [0.2, 0.25) is 0 Å². The van der Waals surface area contributed by atoms with Crippen LogP contribution >= 0.6 is 0 Å². The summed E-state index contributed by atoms with van der Waals surface area (Å²) >= 11 is 0. The number of nitrogens with zero attached hydrogens (tertiary/aromatic N) is 6. The third kappa shape index (κ3) is 5.61. The van der Waals surface area contributed by atoms with E-state index in [2.05, 4.69) is 69.3 Å². The standard InChI is InChI=1S/C24H37N7O/c1-4-25-24(31-14-15-32-23(19-31)21-17-27-28(3)18-21)26-16-20(2)29-10-12-30(13-11-29)22-8-6-5-7-9-22/h5-9,17-18,20,23H,4,10-16,19H2,1-3H3,(H,25,26). The average molecular weight is 440 g/mol. The second-order valence-electron chi connectivity index (χ2n) is 8.65. The van der Waals surface area contributed by atoms with E-state index in [0.717, 1.165) is 63.9 Å². The summed E-state index contributed by atoms with van der Waals surface area (Å²) in [5.74, 6) is 0.986. The topological polar surface area (TPSA) is 61.2 Å². The van der Waals surface area contributed by atoms with E-state index in [1.165, 1.54) is 5.69 Å². The zero-order chi connectivity index (χ0) is 22.3. The van der Waals surface area contributed by atoms with Gasteiger partial charge in [0, 0.05) is 69.8 Å². The molecule has 2 aliphatic rings. The highest BCUT2D eigenvalue weighted by Gasteiger charge is 2.26. The van der Waals surface area contributed by atoms with Gasteiger partial charge in [-0.25, -0.2) is 0 Å². The fraction of sp³-hybridized carbons (Fsp3) is 0.583. The van der Waals surface area contributed by atoms with Gasteiger partial charge in [0.2, 0.25) is 0 Å². The SMILES string of the molecule is CCNC(=NCC(C)N1CCN(c2ccccc2)CC1)N1CCOC(c2cnn(C)c2)C1. The number of aliphatic imine (C=N–C) groups is 1. The van der Waals surface area contributed by atoms with E-state index in [1.807, 2.05) is 24.1 Å². The van der Waals surface area contributed by atoms with Crippen molar-refractivity contribution in [3.8, 4) is 0 Å². The number of hydrogen-bond acceptors (Lipinski definition) is 5. The van der Waals surface area contributed by atoms with Crippen molar-refractivity contribution in [2.45, 2.75) is 26.0 Å². The Hall–Kier alpha value is -2.58. The molecule has 32 heavy (non-hydrogen) atoms. The van der Waals surface area contributed by atoms with Gasteiger partial charge in [0.15, 0.2) is 5.96 Å². The van der Waals surface area contributed by atoms with Gasteiger partial charge < -0.3 is 19.9 Å². The van der Waals surface area contributed by atoms with Gasteiger partial charge in [0.25, 0.3) is 0 Å². The van der Waals surface area contributed by atoms with Gasteiger partial charge in [-0.1, -0.05) is 18.2 Å². The highest BCUT2D eigenvalue weighted by Crippen LogP contribution is 2.22. The summed E-state index contributed by atoms with van der Waals surface area (Å²) in [5, 5.41) is 7.79. The van der Waals surface area contributed by atoms with Crippen LogP contribution in [0.25, 0.3) is 0 Å². The number of ether oxygens (including phenoxy) is 1. The summed E-state index contributed by atoms with van der Waals surface area (Å²) in [6, 6.07) is 11.1. The van der Waals surface area contributed by atoms with Gasteiger partial charge in [-0.15, -0.1) is 0 Å². The van der Waals surface area contributed by atoms with Crippen molar-refractivity contribution in [2.75, 3.05) is 63.9 Å². The van der Waals surface area contributed by atoms with Crippen molar-refractivity contribution in [2.24, 2.45) is 12.0 Å². The lowest BCUT2D eigenvalue weighted by molar-refractivity contribution is -0.00808. The first-order valence-corrected chi connectivity index (χ1v) is 11.8. The monoisotopic (exact) mass is 439 g/mol. The summed E-state index contributed by atoms with van der Waals surface area (Å²) in [7, 11) is 1.94. The molecule has 2 atom stereocenters. The third-order valence-electron chi connectivity index (χ3n) is 6.36. The van der Waals surface area contributed by atoms with E-state index in [-0.39, 0.29) is 6.10 Å². The maximum absolute atomic E-state index is 6.01. The number of para-hydroxylation sites is 1. The molecule has 1 aromatic carbocycles. The lowest BCUT2D eigenvalue weighted by Crippen LogP contribution is -2.51. The minimum atomic E-state index is 0.0322. The van der Waals surface area contributed by atoms with Crippen LogP contribution in [0.5, 0.6) is 0 Å². The van der Waals surface area contributed by atoms with Crippen LogP contribution in [0.15, 0.2) is 47.7 Å². The molecule has 2 unspecified atom stereocenters. The average Bonchev–Trinajstić information content (AvgIpc) is 3.28. The largest absolute Gasteiger partial charge is 0.370 e. The first kappa shape index (κ1) is 22.6. The van der Waals surface area contributed by atoms with E-state index >= 15 is 0 Å². The minimum absolute atomic E-state index is 0.0322. The van der Waals surface area contributed by atoms with Crippen molar-refractivity contribution in [3.63, 3.8) is 0 Å². The molecule has 1 aromatic heterocycles. The van der Waals surface area contributed by atoms with Crippen LogP contribution in [-0.4, -0.2) is 90.5 Å². The Kier molecular flexibility index (Phi) is 7.65. The van der Waals surface area contributed by atoms with Gasteiger partial charge in [-0.3, -0.25) is 14.6 Å². The predicted molar refractivity (Wildman–Crippen MR) is 129 cm³/mol. The summed E-state index contributed by atoms with van der Waals surface area (Å²) in [6.45, 7) is 12.7. The highest BCUT2D eigenvalue weighted by atomic mass is 16.5. The lowest BCUT2D eigenvalue weighted by atomic mass is 10.1. The molecule has 8 nitrogen and oxygen atoms in total. The minimum Gasteiger partial charge on any atom is -0.370 e. The smallest absolute Gasteiger partial charge is 0.194 e. The number of piperazine rings is 1. The van der Waals surface area contributed by atoms with Crippen molar-refractivity contribution in [3.05, 3.63) is 48.3 Å². The molecule has 3 heterocycles. The second-order valence-corrected chi connectivity index (χ2v) is 8.65. The Bertz CT molecular complexity index is 860. The Morgan fingerprint density at radius 2 is 1.97 bits per heavy atom. The first-order valence-electron chi connectivity index (χ1n) is 11.8. The number of nitrogens with one attached hydrogen (secondary N) is 1. The molecule has 2 saturated heterocycles. The normalized spacial score (nSPS) is 21.6. The number of benzene rings is 1. The van der Waals surface area contributed by atoms with Crippen molar-refractivity contribution >= 4 is 11.6 Å². The van der Waals surface area contributed by atoms with E-state index in [4.69, 9.17) is 9.73 Å². The van der Waals surface area contributed by atoms with Crippen LogP contribution in [0.1, 0.15) is 25.5 Å². The predicted octanol–water partition coefficient (Wildman–Crippen LogP) is 1.97. The van der Waals surface area contributed by atoms with Crippen molar-refractivity contribution in [1.29, 1.82) is 0 Å². The molecule has 0 radical (unpaired) electrons. The number of aromatic nitrogens is 2. The van der Waals surface area contributed by atoms with E-state index in [0.29, 0.717) is 12.6 Å². The Labute approximate surface area is 191 Å². The number of aryl methyl sites for hydroxylation is 1. The van der Waals surface area contributed by atoms with Crippen molar-refractivity contribution in [1.82, 2.24) is 24.9 Å². The molecule has 0 saturated carbocycles. The van der Waals surface area contributed by atoms with E-state index < -0.39 is 0 Å². The molecule has 174 valence electrons. The number of hydrogen-bond donors (Lipinski definition) is 1. The van der Waals surface area contributed by atoms with E-state index in [9.17, 15) is 0 Å². The molecule has 0 aliphatic carbocycles. The zero-order valence-electron chi connectivity index (χ0n) is 19.7. The molecule has 0 bridgehead atoms. The number of guanidine groups is 1. The molecule has 4 rings (SSSR count). The van der Waals surface area contributed by atoms with Crippen LogP contribution in [0.4, 0.5) is 5.69 Å². The van der Waals surface area contributed by atoms with Crippen LogP contribution in [0, 0.1) is 0 Å². The Balaban J connectivity index is 1.32. The Morgan fingerprint density at radius 1 is 1.19 bits per heavy atom. The fourth-order valence-electron chi connectivity index (χ4n) is 4.47. The van der Waals surface area contributed by atoms with Gasteiger partial charge in [-0.05, 0) is 26.0 Å². The number of rotatable bonds is 6. The highest BCUT2D eigenvalue weighted by molar-refractivity contribution is 5.80. The quantitative estimate of drug-likeness (QED) is 0.549. The van der Waals surface area contributed by atoms with Gasteiger partial charge in [0.1, 0.15) is 6.10 Å². The maximum Gasteiger partial charge on any atom is 0.194 e. The number of anilines is 1. The third-order valence-corrected chi connectivity index (χ3v) is 6.36.